The number of nitro groups is 1. The van der Waals surface area contributed by atoms with Crippen LogP contribution < -0.4 is 0 Å². The Hall–Kier alpha value is -2.21. The van der Waals surface area contributed by atoms with E-state index in [1.54, 1.807) is 6.08 Å². The SMILES string of the molecule is O=Cc1ccc([N+](=O)[O-])cc1C1C=COO1. The molecule has 1 aliphatic rings. The van der Waals surface area contributed by atoms with Gasteiger partial charge in [0.15, 0.2) is 6.10 Å². The van der Waals surface area contributed by atoms with Crippen molar-refractivity contribution in [1.29, 1.82) is 0 Å². The fraction of sp³-hybridized carbons (Fsp3) is 0.100. The van der Waals surface area contributed by atoms with Crippen LogP contribution in [-0.4, -0.2) is 11.2 Å². The molecule has 6 nitrogen and oxygen atoms in total. The van der Waals surface area contributed by atoms with Gasteiger partial charge < -0.3 is 4.89 Å². The predicted octanol–water partition coefficient (Wildman–Crippen LogP) is 1.92. The third kappa shape index (κ3) is 1.78. The molecule has 1 unspecified atom stereocenters. The van der Waals surface area contributed by atoms with Gasteiger partial charge in [0.2, 0.25) is 0 Å². The summed E-state index contributed by atoms with van der Waals surface area (Å²) in [5.41, 5.74) is 0.660. The molecule has 16 heavy (non-hydrogen) atoms. The van der Waals surface area contributed by atoms with Gasteiger partial charge in [0.25, 0.3) is 5.69 Å². The Balaban J connectivity index is 2.46. The number of rotatable bonds is 3. The molecule has 1 aromatic rings. The molecule has 6 heteroatoms. The van der Waals surface area contributed by atoms with Crippen molar-refractivity contribution in [3.8, 4) is 0 Å². The molecule has 0 amide bonds. The van der Waals surface area contributed by atoms with Gasteiger partial charge in [-0.2, -0.15) is 4.89 Å². The van der Waals surface area contributed by atoms with E-state index in [1.807, 2.05) is 0 Å². The summed E-state index contributed by atoms with van der Waals surface area (Å²) in [6.45, 7) is 0. The van der Waals surface area contributed by atoms with Crippen molar-refractivity contribution in [2.24, 2.45) is 0 Å². The third-order valence-corrected chi connectivity index (χ3v) is 2.18. The number of nitrogens with zero attached hydrogens (tertiary/aromatic N) is 1. The van der Waals surface area contributed by atoms with Crippen molar-refractivity contribution < 1.29 is 19.5 Å². The first-order valence-corrected chi connectivity index (χ1v) is 4.44. The number of hydrogen-bond donors (Lipinski definition) is 0. The second kappa shape index (κ2) is 4.11. The number of aldehydes is 1. The summed E-state index contributed by atoms with van der Waals surface area (Å²) in [5, 5.41) is 10.6. The van der Waals surface area contributed by atoms with Crippen molar-refractivity contribution in [3.63, 3.8) is 0 Å². The monoisotopic (exact) mass is 221 g/mol. The maximum absolute atomic E-state index is 10.8. The van der Waals surface area contributed by atoms with Crippen LogP contribution in [0.15, 0.2) is 30.5 Å². The smallest absolute Gasteiger partial charge is 0.269 e. The highest BCUT2D eigenvalue weighted by atomic mass is 17.2. The van der Waals surface area contributed by atoms with Crippen LogP contribution in [0.4, 0.5) is 5.69 Å². The summed E-state index contributed by atoms with van der Waals surface area (Å²) >= 11 is 0. The predicted molar refractivity (Wildman–Crippen MR) is 52.5 cm³/mol. The first kappa shape index (κ1) is 10.3. The number of non-ortho nitro benzene ring substituents is 1. The van der Waals surface area contributed by atoms with E-state index in [2.05, 4.69) is 4.89 Å². The molecule has 0 saturated carbocycles. The van der Waals surface area contributed by atoms with Crippen molar-refractivity contribution in [2.75, 3.05) is 0 Å². The first-order chi connectivity index (χ1) is 7.72. The Morgan fingerprint density at radius 3 is 2.81 bits per heavy atom. The van der Waals surface area contributed by atoms with E-state index in [4.69, 9.17) is 4.89 Å². The zero-order valence-electron chi connectivity index (χ0n) is 8.03. The molecule has 1 heterocycles. The van der Waals surface area contributed by atoms with Gasteiger partial charge in [-0.3, -0.25) is 14.9 Å². The normalized spacial score (nSPS) is 18.1. The summed E-state index contributed by atoms with van der Waals surface area (Å²) in [6.07, 6.45) is 2.92. The van der Waals surface area contributed by atoms with E-state index in [0.29, 0.717) is 17.4 Å². The molecule has 1 aromatic carbocycles. The van der Waals surface area contributed by atoms with E-state index in [0.717, 1.165) is 0 Å². The van der Waals surface area contributed by atoms with E-state index in [-0.39, 0.29) is 5.69 Å². The van der Waals surface area contributed by atoms with Gasteiger partial charge in [0.05, 0.1) is 4.92 Å². The molecule has 0 fully saturated rings. The number of carbonyl (C=O) groups is 1. The van der Waals surface area contributed by atoms with Gasteiger partial charge in [-0.1, -0.05) is 0 Å². The lowest BCUT2D eigenvalue weighted by Gasteiger charge is -2.08. The summed E-state index contributed by atoms with van der Waals surface area (Å²) in [4.78, 5) is 30.2. The van der Waals surface area contributed by atoms with Gasteiger partial charge in [-0.05, 0) is 12.1 Å². The molecule has 2 rings (SSSR count). The molecular weight excluding hydrogens is 214 g/mol. The maximum atomic E-state index is 10.8. The third-order valence-electron chi connectivity index (χ3n) is 2.18. The number of benzene rings is 1. The molecule has 0 spiro atoms. The zero-order valence-corrected chi connectivity index (χ0v) is 8.03. The van der Waals surface area contributed by atoms with E-state index in [9.17, 15) is 14.9 Å². The zero-order chi connectivity index (χ0) is 11.5. The molecule has 0 bridgehead atoms. The maximum Gasteiger partial charge on any atom is 0.269 e. The molecule has 0 aromatic heterocycles. The van der Waals surface area contributed by atoms with Crippen LogP contribution in [0.1, 0.15) is 22.0 Å². The summed E-state index contributed by atoms with van der Waals surface area (Å²) in [6, 6.07) is 3.95. The molecule has 0 aliphatic carbocycles. The van der Waals surface area contributed by atoms with Crippen LogP contribution >= 0.6 is 0 Å². The lowest BCUT2D eigenvalue weighted by Crippen LogP contribution is -2.01. The van der Waals surface area contributed by atoms with Crippen LogP contribution in [0, 0.1) is 10.1 Å². The van der Waals surface area contributed by atoms with E-state index < -0.39 is 11.0 Å². The van der Waals surface area contributed by atoms with Crippen molar-refractivity contribution in [2.45, 2.75) is 6.10 Å². The molecule has 0 saturated heterocycles. The highest BCUT2D eigenvalue weighted by molar-refractivity contribution is 5.78. The number of carbonyl (C=O) groups excluding carboxylic acids is 1. The lowest BCUT2D eigenvalue weighted by atomic mass is 10.0. The fourth-order valence-electron chi connectivity index (χ4n) is 1.41. The Bertz CT molecular complexity index is 468. The van der Waals surface area contributed by atoms with Crippen LogP contribution in [-0.2, 0) is 9.78 Å². The first-order valence-electron chi connectivity index (χ1n) is 4.44. The molecule has 0 N–H and O–H groups in total. The number of nitro benzene ring substituents is 1. The number of hydrogen-bond acceptors (Lipinski definition) is 5. The van der Waals surface area contributed by atoms with E-state index in [1.165, 1.54) is 24.5 Å². The van der Waals surface area contributed by atoms with Gasteiger partial charge in [-0.15, -0.1) is 0 Å². The van der Waals surface area contributed by atoms with E-state index >= 15 is 0 Å². The minimum absolute atomic E-state index is 0.0931. The molecule has 0 radical (unpaired) electrons. The van der Waals surface area contributed by atoms with Gasteiger partial charge in [-0.25, -0.2) is 0 Å². The second-order valence-corrected chi connectivity index (χ2v) is 3.13. The molecule has 82 valence electrons. The van der Waals surface area contributed by atoms with Crippen LogP contribution in [0.25, 0.3) is 0 Å². The van der Waals surface area contributed by atoms with Crippen LogP contribution in [0.3, 0.4) is 0 Å². The highest BCUT2D eigenvalue weighted by Gasteiger charge is 2.21. The molecule has 1 atom stereocenters. The Morgan fingerprint density at radius 2 is 2.25 bits per heavy atom. The largest absolute Gasteiger partial charge is 0.345 e. The molecular formula is C10H7NO5. The summed E-state index contributed by atoms with van der Waals surface area (Å²) < 4.78 is 0. The Labute approximate surface area is 90.2 Å². The van der Waals surface area contributed by atoms with Crippen LogP contribution in [0.2, 0.25) is 0 Å². The Kier molecular flexibility index (Phi) is 2.65. The van der Waals surface area contributed by atoms with Crippen molar-refractivity contribution in [1.82, 2.24) is 0 Å². The Morgan fingerprint density at radius 1 is 1.44 bits per heavy atom. The summed E-state index contributed by atoms with van der Waals surface area (Å²) in [5.74, 6) is 0. The fourth-order valence-corrected chi connectivity index (χ4v) is 1.41. The van der Waals surface area contributed by atoms with Crippen LogP contribution in [0.5, 0.6) is 0 Å². The molecule has 1 aliphatic heterocycles. The minimum Gasteiger partial charge on any atom is -0.345 e. The standard InChI is InChI=1S/C10H7NO5/c12-6-7-1-2-8(11(13)14)5-9(7)10-3-4-15-16-10/h1-6,10H. The topological polar surface area (TPSA) is 78.7 Å². The average molecular weight is 221 g/mol. The van der Waals surface area contributed by atoms with Gasteiger partial charge >= 0.3 is 0 Å². The van der Waals surface area contributed by atoms with Crippen molar-refractivity contribution >= 4 is 12.0 Å². The second-order valence-electron chi connectivity index (χ2n) is 3.13. The quantitative estimate of drug-likeness (QED) is 0.337. The minimum atomic E-state index is -0.583. The summed E-state index contributed by atoms with van der Waals surface area (Å²) in [7, 11) is 0. The lowest BCUT2D eigenvalue weighted by molar-refractivity contribution is -0.385. The highest BCUT2D eigenvalue weighted by Crippen LogP contribution is 2.29. The van der Waals surface area contributed by atoms with Crippen molar-refractivity contribution in [3.05, 3.63) is 51.8 Å². The van der Waals surface area contributed by atoms with Gasteiger partial charge in [0.1, 0.15) is 12.5 Å². The van der Waals surface area contributed by atoms with Gasteiger partial charge in [0, 0.05) is 23.3 Å². The average Bonchev–Trinajstić information content (AvgIpc) is 2.81.